The van der Waals surface area contributed by atoms with Crippen LogP contribution in [0.5, 0.6) is 0 Å². The molecule has 1 aliphatic carbocycles. The van der Waals surface area contributed by atoms with Gasteiger partial charge >= 0.3 is 5.97 Å². The Balaban J connectivity index is 1.95. The fraction of sp³-hybridized carbons (Fsp3) is 0.500. The fourth-order valence-corrected chi connectivity index (χ4v) is 2.71. The molecule has 0 saturated heterocycles. The fourth-order valence-electron chi connectivity index (χ4n) is 2.71. The van der Waals surface area contributed by atoms with Gasteiger partial charge in [0, 0.05) is 11.6 Å². The number of esters is 1. The molecule has 21 heavy (non-hydrogen) atoms. The third kappa shape index (κ3) is 3.80. The van der Waals surface area contributed by atoms with Gasteiger partial charge in [-0.05, 0) is 50.8 Å². The summed E-state index contributed by atoms with van der Waals surface area (Å²) in [7, 11) is 1.40. The van der Waals surface area contributed by atoms with E-state index in [9.17, 15) is 14.0 Å². The Morgan fingerprint density at radius 2 is 1.90 bits per heavy atom. The zero-order chi connectivity index (χ0) is 15.4. The van der Waals surface area contributed by atoms with Crippen LogP contribution in [0, 0.1) is 11.7 Å². The predicted octanol–water partition coefficient (Wildman–Crippen LogP) is 3.17. The molecule has 0 heterocycles. The SMILES string of the molecule is COC(=O)C1CCC(Nc2ccc(C(C)=O)cc2F)CC1. The molecule has 114 valence electrons. The molecule has 1 aromatic carbocycles. The van der Waals surface area contributed by atoms with E-state index >= 15 is 0 Å². The summed E-state index contributed by atoms with van der Waals surface area (Å²) < 4.78 is 18.7. The lowest BCUT2D eigenvalue weighted by molar-refractivity contribution is -0.146. The van der Waals surface area contributed by atoms with Crippen molar-refractivity contribution in [3.63, 3.8) is 0 Å². The number of halogens is 1. The van der Waals surface area contributed by atoms with E-state index in [2.05, 4.69) is 5.32 Å². The number of ketones is 1. The van der Waals surface area contributed by atoms with E-state index in [-0.39, 0.29) is 23.7 Å². The van der Waals surface area contributed by atoms with E-state index in [1.165, 1.54) is 20.1 Å². The molecular formula is C16H20FNO3. The quantitative estimate of drug-likeness (QED) is 0.684. The summed E-state index contributed by atoms with van der Waals surface area (Å²) in [5, 5.41) is 3.15. The summed E-state index contributed by atoms with van der Waals surface area (Å²) in [6.45, 7) is 1.41. The van der Waals surface area contributed by atoms with Gasteiger partial charge in [-0.3, -0.25) is 9.59 Å². The van der Waals surface area contributed by atoms with E-state index < -0.39 is 5.82 Å². The number of methoxy groups -OCH3 is 1. The van der Waals surface area contributed by atoms with Crippen LogP contribution in [0.25, 0.3) is 0 Å². The van der Waals surface area contributed by atoms with Crippen molar-refractivity contribution in [3.8, 4) is 0 Å². The highest BCUT2D eigenvalue weighted by Crippen LogP contribution is 2.28. The Morgan fingerprint density at radius 3 is 2.43 bits per heavy atom. The zero-order valence-electron chi connectivity index (χ0n) is 12.3. The molecule has 0 unspecified atom stereocenters. The van der Waals surface area contributed by atoms with Gasteiger partial charge in [0.25, 0.3) is 0 Å². The summed E-state index contributed by atoms with van der Waals surface area (Å²) >= 11 is 0. The first-order valence-corrected chi connectivity index (χ1v) is 7.16. The monoisotopic (exact) mass is 293 g/mol. The molecule has 0 spiro atoms. The minimum atomic E-state index is -0.419. The summed E-state index contributed by atoms with van der Waals surface area (Å²) in [6.07, 6.45) is 3.09. The van der Waals surface area contributed by atoms with Crippen molar-refractivity contribution in [3.05, 3.63) is 29.6 Å². The van der Waals surface area contributed by atoms with E-state index in [0.29, 0.717) is 11.3 Å². The van der Waals surface area contributed by atoms with Gasteiger partial charge in [-0.15, -0.1) is 0 Å². The second-order valence-corrected chi connectivity index (χ2v) is 5.47. The minimum Gasteiger partial charge on any atom is -0.469 e. The maximum absolute atomic E-state index is 13.9. The van der Waals surface area contributed by atoms with Crippen LogP contribution in [0.1, 0.15) is 43.0 Å². The Kier molecular flexibility index (Phi) is 4.94. The van der Waals surface area contributed by atoms with Crippen molar-refractivity contribution >= 4 is 17.4 Å². The largest absolute Gasteiger partial charge is 0.469 e. The number of ether oxygens (including phenoxy) is 1. The smallest absolute Gasteiger partial charge is 0.308 e. The van der Waals surface area contributed by atoms with Gasteiger partial charge in [0.2, 0.25) is 0 Å². The van der Waals surface area contributed by atoms with Crippen LogP contribution in [-0.2, 0) is 9.53 Å². The normalized spacial score (nSPS) is 21.7. The lowest BCUT2D eigenvalue weighted by atomic mass is 9.86. The molecular weight excluding hydrogens is 273 g/mol. The molecule has 0 atom stereocenters. The van der Waals surface area contributed by atoms with Crippen molar-refractivity contribution in [2.75, 3.05) is 12.4 Å². The lowest BCUT2D eigenvalue weighted by Gasteiger charge is -2.28. The Morgan fingerprint density at radius 1 is 1.24 bits per heavy atom. The van der Waals surface area contributed by atoms with E-state index in [1.54, 1.807) is 12.1 Å². The number of anilines is 1. The number of benzene rings is 1. The van der Waals surface area contributed by atoms with Crippen LogP contribution >= 0.6 is 0 Å². The number of rotatable bonds is 4. The average molecular weight is 293 g/mol. The second kappa shape index (κ2) is 6.70. The summed E-state index contributed by atoms with van der Waals surface area (Å²) in [5.41, 5.74) is 0.772. The van der Waals surface area contributed by atoms with Crippen molar-refractivity contribution in [1.29, 1.82) is 0 Å². The molecule has 4 nitrogen and oxygen atoms in total. The van der Waals surface area contributed by atoms with Crippen LogP contribution in [0.15, 0.2) is 18.2 Å². The van der Waals surface area contributed by atoms with Gasteiger partial charge in [0.1, 0.15) is 5.82 Å². The highest BCUT2D eigenvalue weighted by molar-refractivity contribution is 5.94. The van der Waals surface area contributed by atoms with Crippen molar-refractivity contribution in [2.45, 2.75) is 38.6 Å². The van der Waals surface area contributed by atoms with E-state index in [0.717, 1.165) is 25.7 Å². The van der Waals surface area contributed by atoms with Crippen LogP contribution in [0.2, 0.25) is 0 Å². The third-order valence-electron chi connectivity index (χ3n) is 4.00. The summed E-state index contributed by atoms with van der Waals surface area (Å²) in [5.74, 6) is -0.778. The molecule has 0 radical (unpaired) electrons. The number of hydrogen-bond donors (Lipinski definition) is 1. The van der Waals surface area contributed by atoms with Gasteiger partial charge in [-0.1, -0.05) is 0 Å². The maximum atomic E-state index is 13.9. The number of hydrogen-bond acceptors (Lipinski definition) is 4. The molecule has 0 aromatic heterocycles. The lowest BCUT2D eigenvalue weighted by Crippen LogP contribution is -2.30. The molecule has 0 aliphatic heterocycles. The number of Topliss-reactive ketones (excluding diaryl/α,β-unsaturated/α-hetero) is 1. The summed E-state index contributed by atoms with van der Waals surface area (Å²) in [6, 6.07) is 4.61. The van der Waals surface area contributed by atoms with Crippen molar-refractivity contribution in [2.24, 2.45) is 5.92 Å². The van der Waals surface area contributed by atoms with Crippen LogP contribution in [0.4, 0.5) is 10.1 Å². The second-order valence-electron chi connectivity index (χ2n) is 5.47. The molecule has 0 bridgehead atoms. The molecule has 5 heteroatoms. The topological polar surface area (TPSA) is 55.4 Å². The molecule has 1 aliphatic rings. The highest BCUT2D eigenvalue weighted by Gasteiger charge is 2.27. The highest BCUT2D eigenvalue weighted by atomic mass is 19.1. The van der Waals surface area contributed by atoms with Crippen LogP contribution in [-0.4, -0.2) is 24.9 Å². The van der Waals surface area contributed by atoms with Crippen LogP contribution < -0.4 is 5.32 Å². The zero-order valence-corrected chi connectivity index (χ0v) is 12.3. The average Bonchev–Trinajstić information content (AvgIpc) is 2.49. The van der Waals surface area contributed by atoms with Gasteiger partial charge in [0.05, 0.1) is 18.7 Å². The van der Waals surface area contributed by atoms with Gasteiger partial charge in [-0.2, -0.15) is 0 Å². The van der Waals surface area contributed by atoms with E-state index in [4.69, 9.17) is 4.74 Å². The first-order valence-electron chi connectivity index (χ1n) is 7.16. The maximum Gasteiger partial charge on any atom is 0.308 e. The van der Waals surface area contributed by atoms with E-state index in [1.807, 2.05) is 0 Å². The molecule has 2 rings (SSSR count). The first-order chi connectivity index (χ1) is 10.0. The van der Waals surface area contributed by atoms with Gasteiger partial charge in [0.15, 0.2) is 5.78 Å². The Bertz CT molecular complexity index is 536. The molecule has 0 amide bonds. The molecule has 1 saturated carbocycles. The van der Waals surface area contributed by atoms with Gasteiger partial charge < -0.3 is 10.1 Å². The standard InChI is InChI=1S/C16H20FNO3/c1-10(19)12-5-8-15(14(17)9-12)18-13-6-3-11(4-7-13)16(20)21-2/h5,8-9,11,13,18H,3-4,6-7H2,1-2H3. The summed E-state index contributed by atoms with van der Waals surface area (Å²) in [4.78, 5) is 22.6. The van der Waals surface area contributed by atoms with Crippen LogP contribution in [0.3, 0.4) is 0 Å². The number of carbonyl (C=O) groups is 2. The van der Waals surface area contributed by atoms with Crippen molar-refractivity contribution < 1.29 is 18.7 Å². The predicted molar refractivity (Wildman–Crippen MR) is 77.8 cm³/mol. The first kappa shape index (κ1) is 15.5. The number of carbonyl (C=O) groups excluding carboxylic acids is 2. The Hall–Kier alpha value is -1.91. The van der Waals surface area contributed by atoms with Gasteiger partial charge in [-0.25, -0.2) is 4.39 Å². The number of nitrogens with one attached hydrogen (secondary N) is 1. The molecule has 1 N–H and O–H groups in total. The minimum absolute atomic E-state index is 0.0435. The van der Waals surface area contributed by atoms with Crippen molar-refractivity contribution in [1.82, 2.24) is 0 Å². The molecule has 1 fully saturated rings. The molecule has 1 aromatic rings. The Labute approximate surface area is 123 Å². The third-order valence-corrected chi connectivity index (χ3v) is 4.00.